The fraction of sp³-hybridized carbons (Fsp3) is 0.467. The third-order valence-corrected chi connectivity index (χ3v) is 5.55. The molecule has 1 aromatic carbocycles. The maximum Gasteiger partial charge on any atom is 0.424 e. The van der Waals surface area contributed by atoms with Crippen molar-refractivity contribution in [3.05, 3.63) is 29.8 Å². The molecule has 0 radical (unpaired) electrons. The van der Waals surface area contributed by atoms with Crippen LogP contribution in [-0.4, -0.2) is 44.0 Å². The standard InChI is InChI=1S/C15H19NO6S/c1-4-13-12(9-14(17)21-3)16(15(18)22-13)23(19,20)11-7-5-10(2)6-8-11/h5-8,12-13H,4,9H2,1-3H3/t12-,13-/m1/s1. The van der Waals surface area contributed by atoms with Gasteiger partial charge in [-0.3, -0.25) is 4.79 Å². The van der Waals surface area contributed by atoms with Gasteiger partial charge < -0.3 is 9.47 Å². The summed E-state index contributed by atoms with van der Waals surface area (Å²) in [7, 11) is -2.89. The Balaban J connectivity index is 2.42. The van der Waals surface area contributed by atoms with E-state index in [1.807, 2.05) is 6.92 Å². The number of carbonyl (C=O) groups excluding carboxylic acids is 2. The molecule has 23 heavy (non-hydrogen) atoms. The van der Waals surface area contributed by atoms with Crippen LogP contribution < -0.4 is 0 Å². The zero-order valence-corrected chi connectivity index (χ0v) is 14.0. The lowest BCUT2D eigenvalue weighted by Crippen LogP contribution is -2.42. The van der Waals surface area contributed by atoms with Crippen LogP contribution in [-0.2, 0) is 24.3 Å². The summed E-state index contributed by atoms with van der Waals surface area (Å²) >= 11 is 0. The van der Waals surface area contributed by atoms with Gasteiger partial charge in [0.25, 0.3) is 10.0 Å². The van der Waals surface area contributed by atoms with Gasteiger partial charge in [0, 0.05) is 0 Å². The van der Waals surface area contributed by atoms with Crippen LogP contribution in [0.1, 0.15) is 25.3 Å². The van der Waals surface area contributed by atoms with Crippen molar-refractivity contribution in [1.82, 2.24) is 4.31 Å². The van der Waals surface area contributed by atoms with E-state index in [0.29, 0.717) is 10.7 Å². The SMILES string of the molecule is CC[C@H]1OC(=O)N(S(=O)(=O)c2ccc(C)cc2)[C@@H]1CC(=O)OC. The Labute approximate surface area is 135 Å². The maximum atomic E-state index is 12.8. The van der Waals surface area contributed by atoms with Crippen molar-refractivity contribution < 1.29 is 27.5 Å². The molecule has 0 aromatic heterocycles. The van der Waals surface area contributed by atoms with Crippen LogP contribution in [0.15, 0.2) is 29.2 Å². The molecule has 126 valence electrons. The third kappa shape index (κ3) is 3.31. The molecule has 0 spiro atoms. The largest absolute Gasteiger partial charge is 0.469 e. The first-order valence-corrected chi connectivity index (χ1v) is 8.63. The Kier molecular flexibility index (Phi) is 4.93. The molecule has 0 N–H and O–H groups in total. The summed E-state index contributed by atoms with van der Waals surface area (Å²) in [4.78, 5) is 23.6. The Hall–Kier alpha value is -2.09. The van der Waals surface area contributed by atoms with Gasteiger partial charge in [-0.15, -0.1) is 0 Å². The smallest absolute Gasteiger partial charge is 0.424 e. The number of methoxy groups -OCH3 is 1. The highest BCUT2D eigenvalue weighted by Crippen LogP contribution is 2.31. The van der Waals surface area contributed by atoms with Gasteiger partial charge in [-0.25, -0.2) is 13.2 Å². The molecule has 8 heteroatoms. The molecule has 0 saturated carbocycles. The average Bonchev–Trinajstić information content (AvgIpc) is 2.83. The van der Waals surface area contributed by atoms with Gasteiger partial charge in [-0.2, -0.15) is 4.31 Å². The highest BCUT2D eigenvalue weighted by Gasteiger charge is 2.48. The molecular formula is C15H19NO6S. The quantitative estimate of drug-likeness (QED) is 0.759. The summed E-state index contributed by atoms with van der Waals surface area (Å²) in [5, 5.41) is 0. The van der Waals surface area contributed by atoms with Crippen LogP contribution in [0.3, 0.4) is 0 Å². The van der Waals surface area contributed by atoms with Crippen molar-refractivity contribution in [3.63, 3.8) is 0 Å². The Bertz CT molecular complexity index is 697. The molecule has 2 rings (SSSR count). The van der Waals surface area contributed by atoms with Crippen LogP contribution in [0.2, 0.25) is 0 Å². The van der Waals surface area contributed by atoms with E-state index in [-0.39, 0.29) is 11.3 Å². The zero-order valence-electron chi connectivity index (χ0n) is 13.2. The summed E-state index contributed by atoms with van der Waals surface area (Å²) in [5.41, 5.74) is 0.894. The van der Waals surface area contributed by atoms with Gasteiger partial charge in [0.1, 0.15) is 6.10 Å². The highest BCUT2D eigenvalue weighted by molar-refractivity contribution is 7.89. The van der Waals surface area contributed by atoms with E-state index in [1.165, 1.54) is 19.2 Å². The predicted molar refractivity (Wildman–Crippen MR) is 81.2 cm³/mol. The minimum Gasteiger partial charge on any atom is -0.469 e. The fourth-order valence-corrected chi connectivity index (χ4v) is 3.98. The van der Waals surface area contributed by atoms with Crippen LogP contribution in [0, 0.1) is 6.92 Å². The summed E-state index contributed by atoms with van der Waals surface area (Å²) in [6.07, 6.45) is -1.49. The maximum absolute atomic E-state index is 12.8. The van der Waals surface area contributed by atoms with E-state index in [9.17, 15) is 18.0 Å². The molecule has 0 bridgehead atoms. The van der Waals surface area contributed by atoms with Gasteiger partial charge in [-0.05, 0) is 25.5 Å². The van der Waals surface area contributed by atoms with Crippen LogP contribution >= 0.6 is 0 Å². The number of hydrogen-bond donors (Lipinski definition) is 0. The van der Waals surface area contributed by atoms with Gasteiger partial charge in [0.05, 0.1) is 24.5 Å². The number of ether oxygens (including phenoxy) is 2. The number of cyclic esters (lactones) is 1. The van der Waals surface area contributed by atoms with Crippen molar-refractivity contribution >= 4 is 22.1 Å². The number of hydrogen-bond acceptors (Lipinski definition) is 6. The first-order valence-electron chi connectivity index (χ1n) is 7.19. The average molecular weight is 341 g/mol. The Morgan fingerprint density at radius 1 is 1.30 bits per heavy atom. The molecule has 1 aliphatic heterocycles. The molecule has 0 aliphatic carbocycles. The van der Waals surface area contributed by atoms with E-state index in [0.717, 1.165) is 5.56 Å². The molecule has 1 saturated heterocycles. The minimum absolute atomic E-state index is 0.0216. The number of carbonyl (C=O) groups is 2. The van der Waals surface area contributed by atoms with Crippen molar-refractivity contribution in [2.75, 3.05) is 7.11 Å². The fourth-order valence-electron chi connectivity index (χ4n) is 2.47. The van der Waals surface area contributed by atoms with Crippen LogP contribution in [0.5, 0.6) is 0 Å². The number of esters is 1. The molecule has 1 heterocycles. The molecular weight excluding hydrogens is 322 g/mol. The summed E-state index contributed by atoms with van der Waals surface area (Å²) in [5.74, 6) is -0.601. The van der Waals surface area contributed by atoms with E-state index >= 15 is 0 Å². The van der Waals surface area contributed by atoms with E-state index < -0.39 is 34.2 Å². The normalized spacial score (nSPS) is 21.2. The first kappa shape index (κ1) is 17.3. The monoisotopic (exact) mass is 341 g/mol. The number of sulfonamides is 1. The lowest BCUT2D eigenvalue weighted by molar-refractivity contribution is -0.141. The predicted octanol–water partition coefficient (Wildman–Crippen LogP) is 1.85. The van der Waals surface area contributed by atoms with Gasteiger partial charge in [0.2, 0.25) is 0 Å². The van der Waals surface area contributed by atoms with Crippen LogP contribution in [0.25, 0.3) is 0 Å². The summed E-state index contributed by atoms with van der Waals surface area (Å²) in [6.45, 7) is 3.58. The molecule has 0 unspecified atom stereocenters. The second-order valence-electron chi connectivity index (χ2n) is 5.29. The molecule has 1 amide bonds. The number of nitrogens with zero attached hydrogens (tertiary/aromatic N) is 1. The summed E-state index contributed by atoms with van der Waals surface area (Å²) < 4.78 is 35.9. The molecule has 1 aliphatic rings. The van der Waals surface area contributed by atoms with Gasteiger partial charge in [-0.1, -0.05) is 24.6 Å². The van der Waals surface area contributed by atoms with Crippen LogP contribution in [0.4, 0.5) is 4.79 Å². The first-order chi connectivity index (χ1) is 10.8. The number of benzene rings is 1. The number of amides is 1. The van der Waals surface area contributed by atoms with Gasteiger partial charge >= 0.3 is 12.1 Å². The lowest BCUT2D eigenvalue weighted by atomic mass is 10.1. The second kappa shape index (κ2) is 6.57. The molecule has 1 fully saturated rings. The minimum atomic E-state index is -4.10. The molecule has 2 atom stereocenters. The summed E-state index contributed by atoms with van der Waals surface area (Å²) in [6, 6.07) is 5.21. The van der Waals surface area contributed by atoms with E-state index in [1.54, 1.807) is 19.1 Å². The van der Waals surface area contributed by atoms with E-state index in [2.05, 4.69) is 4.74 Å². The Morgan fingerprint density at radius 2 is 1.91 bits per heavy atom. The Morgan fingerprint density at radius 3 is 2.43 bits per heavy atom. The third-order valence-electron chi connectivity index (χ3n) is 3.75. The lowest BCUT2D eigenvalue weighted by Gasteiger charge is -2.22. The zero-order chi connectivity index (χ0) is 17.2. The van der Waals surface area contributed by atoms with Gasteiger partial charge in [0.15, 0.2) is 0 Å². The second-order valence-corrected chi connectivity index (χ2v) is 7.11. The topological polar surface area (TPSA) is 90.0 Å². The van der Waals surface area contributed by atoms with Crippen molar-refractivity contribution in [3.8, 4) is 0 Å². The van der Waals surface area contributed by atoms with Crippen molar-refractivity contribution in [1.29, 1.82) is 0 Å². The van der Waals surface area contributed by atoms with Crippen molar-refractivity contribution in [2.45, 2.75) is 43.7 Å². The number of rotatable bonds is 5. The molecule has 1 aromatic rings. The number of aryl methyl sites for hydroxylation is 1. The molecule has 7 nitrogen and oxygen atoms in total. The van der Waals surface area contributed by atoms with Crippen molar-refractivity contribution in [2.24, 2.45) is 0 Å². The highest BCUT2D eigenvalue weighted by atomic mass is 32.2. The van der Waals surface area contributed by atoms with E-state index in [4.69, 9.17) is 4.74 Å².